The second kappa shape index (κ2) is 6.30. The van der Waals surface area contributed by atoms with Gasteiger partial charge < -0.3 is 4.90 Å². The Balaban J connectivity index is 1.70. The van der Waals surface area contributed by atoms with Gasteiger partial charge in [0, 0.05) is 13.1 Å². The second-order valence-electron chi connectivity index (χ2n) is 6.15. The summed E-state index contributed by atoms with van der Waals surface area (Å²) in [5.41, 5.74) is 1.11. The largest absolute Gasteiger partial charge is 0.342 e. The smallest absolute Gasteiger partial charge is 0.226 e. The SMILES string of the molecule is CN(C(=O)Cc1ccc2ccccc2c1)C1CCCCC1. The Labute approximate surface area is 126 Å². The van der Waals surface area contributed by atoms with Crippen molar-refractivity contribution < 1.29 is 4.79 Å². The summed E-state index contributed by atoms with van der Waals surface area (Å²) in [4.78, 5) is 14.5. The van der Waals surface area contributed by atoms with E-state index in [0.29, 0.717) is 12.5 Å². The number of hydrogen-bond donors (Lipinski definition) is 0. The summed E-state index contributed by atoms with van der Waals surface area (Å²) in [6.07, 6.45) is 6.69. The van der Waals surface area contributed by atoms with Crippen molar-refractivity contribution in [2.75, 3.05) is 7.05 Å². The Hall–Kier alpha value is -1.83. The lowest BCUT2D eigenvalue weighted by Crippen LogP contribution is -2.39. The summed E-state index contributed by atoms with van der Waals surface area (Å²) in [5, 5.41) is 2.44. The number of likely N-dealkylation sites (N-methyl/N-ethyl adjacent to an activating group) is 1. The van der Waals surface area contributed by atoms with E-state index in [9.17, 15) is 4.79 Å². The maximum absolute atomic E-state index is 12.5. The Kier molecular flexibility index (Phi) is 4.23. The van der Waals surface area contributed by atoms with Crippen molar-refractivity contribution in [3.05, 3.63) is 48.0 Å². The fraction of sp³-hybridized carbons (Fsp3) is 0.421. The number of fused-ring (bicyclic) bond motifs is 1. The summed E-state index contributed by atoms with van der Waals surface area (Å²) in [6.45, 7) is 0. The van der Waals surface area contributed by atoms with Crippen LogP contribution in [0.4, 0.5) is 0 Å². The van der Waals surface area contributed by atoms with Crippen LogP contribution in [-0.4, -0.2) is 23.9 Å². The molecule has 1 saturated carbocycles. The van der Waals surface area contributed by atoms with Gasteiger partial charge in [0.15, 0.2) is 0 Å². The van der Waals surface area contributed by atoms with Crippen LogP contribution in [0.1, 0.15) is 37.7 Å². The molecule has 2 aromatic rings. The first kappa shape index (κ1) is 14.1. The predicted molar refractivity (Wildman–Crippen MR) is 87.3 cm³/mol. The summed E-state index contributed by atoms with van der Waals surface area (Å²) in [7, 11) is 1.97. The molecule has 0 aromatic heterocycles. The molecule has 2 aromatic carbocycles. The zero-order valence-corrected chi connectivity index (χ0v) is 12.7. The molecule has 2 heteroatoms. The summed E-state index contributed by atoms with van der Waals surface area (Å²) >= 11 is 0. The van der Waals surface area contributed by atoms with Crippen LogP contribution in [0.15, 0.2) is 42.5 Å². The Morgan fingerprint density at radius 2 is 1.76 bits per heavy atom. The van der Waals surface area contributed by atoms with Crippen molar-refractivity contribution in [1.82, 2.24) is 4.90 Å². The van der Waals surface area contributed by atoms with Crippen molar-refractivity contribution in [2.24, 2.45) is 0 Å². The standard InChI is InChI=1S/C19H23NO/c1-20(18-9-3-2-4-10-18)19(21)14-15-11-12-16-7-5-6-8-17(16)13-15/h5-8,11-13,18H,2-4,9-10,14H2,1H3. The average Bonchev–Trinajstić information content (AvgIpc) is 2.55. The van der Waals surface area contributed by atoms with Gasteiger partial charge in [0.1, 0.15) is 0 Å². The van der Waals surface area contributed by atoms with Gasteiger partial charge in [-0.25, -0.2) is 0 Å². The van der Waals surface area contributed by atoms with E-state index >= 15 is 0 Å². The van der Waals surface area contributed by atoms with Crippen molar-refractivity contribution >= 4 is 16.7 Å². The average molecular weight is 281 g/mol. The number of carbonyl (C=O) groups is 1. The monoisotopic (exact) mass is 281 g/mol. The molecule has 1 aliphatic rings. The molecule has 3 rings (SSSR count). The van der Waals surface area contributed by atoms with Gasteiger partial charge in [-0.1, -0.05) is 61.7 Å². The van der Waals surface area contributed by atoms with Gasteiger partial charge in [0.25, 0.3) is 0 Å². The van der Waals surface area contributed by atoms with Crippen LogP contribution in [-0.2, 0) is 11.2 Å². The van der Waals surface area contributed by atoms with E-state index in [0.717, 1.165) is 5.56 Å². The highest BCUT2D eigenvalue weighted by Gasteiger charge is 2.21. The van der Waals surface area contributed by atoms with E-state index < -0.39 is 0 Å². The molecule has 1 fully saturated rings. The molecule has 0 radical (unpaired) electrons. The Morgan fingerprint density at radius 1 is 1.05 bits per heavy atom. The fourth-order valence-corrected chi connectivity index (χ4v) is 3.32. The lowest BCUT2D eigenvalue weighted by Gasteiger charge is -2.31. The first-order valence-electron chi connectivity index (χ1n) is 7.97. The van der Waals surface area contributed by atoms with E-state index in [1.807, 2.05) is 24.1 Å². The van der Waals surface area contributed by atoms with Crippen LogP contribution in [0.2, 0.25) is 0 Å². The molecule has 0 unspecified atom stereocenters. The molecule has 0 aliphatic heterocycles. The highest BCUT2D eigenvalue weighted by Crippen LogP contribution is 2.22. The topological polar surface area (TPSA) is 20.3 Å². The van der Waals surface area contributed by atoms with Gasteiger partial charge in [0.05, 0.1) is 6.42 Å². The first-order valence-corrected chi connectivity index (χ1v) is 7.97. The lowest BCUT2D eigenvalue weighted by molar-refractivity contribution is -0.131. The normalized spacial score (nSPS) is 16.0. The van der Waals surface area contributed by atoms with Gasteiger partial charge in [-0.2, -0.15) is 0 Å². The van der Waals surface area contributed by atoms with Gasteiger partial charge in [-0.05, 0) is 29.2 Å². The molecule has 110 valence electrons. The molecule has 0 saturated heterocycles. The molecule has 0 N–H and O–H groups in total. The molecular formula is C19H23NO. The first-order chi connectivity index (χ1) is 10.2. The van der Waals surface area contributed by atoms with E-state index in [2.05, 4.69) is 30.3 Å². The number of carbonyl (C=O) groups excluding carboxylic acids is 1. The van der Waals surface area contributed by atoms with Crippen molar-refractivity contribution in [3.8, 4) is 0 Å². The van der Waals surface area contributed by atoms with Crippen molar-refractivity contribution in [3.63, 3.8) is 0 Å². The minimum atomic E-state index is 0.247. The zero-order valence-electron chi connectivity index (χ0n) is 12.7. The molecule has 1 aliphatic carbocycles. The molecule has 0 heterocycles. The lowest BCUT2D eigenvalue weighted by atomic mass is 9.94. The number of amides is 1. The summed E-state index contributed by atoms with van der Waals surface area (Å²) in [5.74, 6) is 0.247. The molecule has 2 nitrogen and oxygen atoms in total. The van der Waals surface area contributed by atoms with E-state index in [-0.39, 0.29) is 5.91 Å². The quantitative estimate of drug-likeness (QED) is 0.826. The highest BCUT2D eigenvalue weighted by molar-refractivity contribution is 5.85. The van der Waals surface area contributed by atoms with Crippen LogP contribution >= 0.6 is 0 Å². The summed E-state index contributed by atoms with van der Waals surface area (Å²) in [6, 6.07) is 15.1. The minimum Gasteiger partial charge on any atom is -0.342 e. The number of hydrogen-bond acceptors (Lipinski definition) is 1. The Bertz CT molecular complexity index is 628. The zero-order chi connectivity index (χ0) is 14.7. The minimum absolute atomic E-state index is 0.247. The van der Waals surface area contributed by atoms with E-state index in [1.165, 1.54) is 42.9 Å². The van der Waals surface area contributed by atoms with Gasteiger partial charge >= 0.3 is 0 Å². The van der Waals surface area contributed by atoms with Crippen LogP contribution in [0.3, 0.4) is 0 Å². The van der Waals surface area contributed by atoms with Crippen LogP contribution in [0.5, 0.6) is 0 Å². The third kappa shape index (κ3) is 3.26. The van der Waals surface area contributed by atoms with Crippen molar-refractivity contribution in [1.29, 1.82) is 0 Å². The third-order valence-electron chi connectivity index (χ3n) is 4.69. The maximum Gasteiger partial charge on any atom is 0.226 e. The molecule has 0 bridgehead atoms. The van der Waals surface area contributed by atoms with Gasteiger partial charge in [-0.3, -0.25) is 4.79 Å². The summed E-state index contributed by atoms with van der Waals surface area (Å²) < 4.78 is 0. The van der Waals surface area contributed by atoms with Crippen LogP contribution in [0, 0.1) is 0 Å². The molecular weight excluding hydrogens is 258 g/mol. The van der Waals surface area contributed by atoms with E-state index in [4.69, 9.17) is 0 Å². The Morgan fingerprint density at radius 3 is 2.52 bits per heavy atom. The van der Waals surface area contributed by atoms with Crippen LogP contribution in [0.25, 0.3) is 10.8 Å². The van der Waals surface area contributed by atoms with E-state index in [1.54, 1.807) is 0 Å². The van der Waals surface area contributed by atoms with Crippen molar-refractivity contribution in [2.45, 2.75) is 44.6 Å². The van der Waals surface area contributed by atoms with Gasteiger partial charge in [0.2, 0.25) is 5.91 Å². The second-order valence-corrected chi connectivity index (χ2v) is 6.15. The third-order valence-corrected chi connectivity index (χ3v) is 4.69. The predicted octanol–water partition coefficient (Wildman–Crippen LogP) is 4.17. The molecule has 1 amide bonds. The highest BCUT2D eigenvalue weighted by atomic mass is 16.2. The molecule has 0 atom stereocenters. The van der Waals surface area contributed by atoms with Crippen LogP contribution < -0.4 is 0 Å². The fourth-order valence-electron chi connectivity index (χ4n) is 3.32. The molecule has 0 spiro atoms. The van der Waals surface area contributed by atoms with Gasteiger partial charge in [-0.15, -0.1) is 0 Å². The number of rotatable bonds is 3. The maximum atomic E-state index is 12.5. The molecule has 21 heavy (non-hydrogen) atoms. The number of benzene rings is 2. The number of nitrogens with zero attached hydrogens (tertiary/aromatic N) is 1.